The Hall–Kier alpha value is -0.660. The van der Waals surface area contributed by atoms with Crippen LogP contribution in [0.1, 0.15) is 156 Å². The lowest BCUT2D eigenvalue weighted by molar-refractivity contribution is 0.142. The van der Waals surface area contributed by atoms with Crippen LogP contribution in [0.25, 0.3) is 0 Å². The lowest BCUT2D eigenvalue weighted by atomic mass is 10.0. The maximum Gasteiger partial charge on any atom is 0.101 e. The molecule has 0 saturated carbocycles. The summed E-state index contributed by atoms with van der Waals surface area (Å²) in [4.78, 5) is 5.15. The van der Waals surface area contributed by atoms with Crippen molar-refractivity contribution < 1.29 is 0 Å². The molecule has 0 bridgehead atoms. The monoisotopic (exact) mass is 434 g/mol. The van der Waals surface area contributed by atoms with Gasteiger partial charge in [-0.1, -0.05) is 129 Å². The highest BCUT2D eigenvalue weighted by molar-refractivity contribution is 4.96. The zero-order chi connectivity index (χ0) is 22.4. The van der Waals surface area contributed by atoms with Crippen molar-refractivity contribution in [1.29, 1.82) is 0 Å². The van der Waals surface area contributed by atoms with Crippen molar-refractivity contribution in [3.05, 3.63) is 12.4 Å². The molecule has 0 fully saturated rings. The van der Waals surface area contributed by atoms with Crippen LogP contribution in [0.5, 0.6) is 0 Å². The molecular formula is C29H58N2. The fraction of sp³-hybridized carbons (Fsp3) is 0.931. The van der Waals surface area contributed by atoms with Gasteiger partial charge in [-0.15, -0.1) is 0 Å². The van der Waals surface area contributed by atoms with Crippen LogP contribution in [0, 0.1) is 0 Å². The molecule has 0 amide bonds. The highest BCUT2D eigenvalue weighted by atomic mass is 15.4. The van der Waals surface area contributed by atoms with E-state index in [1.54, 1.807) is 0 Å². The molecule has 1 aliphatic rings. The standard InChI is InChI=1S/C29H58N2/c1-4-7-9-10-11-12-13-14-15-16-17-18-19-20-21-22-24-26-31-28-27-30(6-3)29(31)25-23-8-5-2/h27-29H,4-26H2,1-3H3. The maximum atomic E-state index is 2.62. The molecule has 0 saturated heterocycles. The molecular weight excluding hydrogens is 376 g/mol. The summed E-state index contributed by atoms with van der Waals surface area (Å²) in [5, 5.41) is 0. The number of unbranched alkanes of at least 4 members (excludes halogenated alkanes) is 18. The highest BCUT2D eigenvalue weighted by Crippen LogP contribution is 2.22. The summed E-state index contributed by atoms with van der Waals surface area (Å²) >= 11 is 0. The first-order valence-electron chi connectivity index (χ1n) is 14.5. The molecule has 0 aliphatic carbocycles. The Bertz CT molecular complexity index is 392. The van der Waals surface area contributed by atoms with Crippen molar-refractivity contribution in [2.24, 2.45) is 0 Å². The summed E-state index contributed by atoms with van der Waals surface area (Å²) in [5.41, 5.74) is 0. The van der Waals surface area contributed by atoms with E-state index in [2.05, 4.69) is 43.0 Å². The Balaban J connectivity index is 1.86. The third kappa shape index (κ3) is 14.9. The van der Waals surface area contributed by atoms with Crippen molar-refractivity contribution in [1.82, 2.24) is 9.80 Å². The molecule has 0 aromatic heterocycles. The van der Waals surface area contributed by atoms with Crippen LogP contribution in [0.15, 0.2) is 12.4 Å². The van der Waals surface area contributed by atoms with Gasteiger partial charge in [-0.05, 0) is 26.2 Å². The van der Waals surface area contributed by atoms with Crippen LogP contribution < -0.4 is 0 Å². The first-order chi connectivity index (χ1) is 15.3. The van der Waals surface area contributed by atoms with E-state index in [1.165, 1.54) is 141 Å². The Morgan fingerprint density at radius 2 is 0.839 bits per heavy atom. The van der Waals surface area contributed by atoms with Crippen molar-refractivity contribution in [3.63, 3.8) is 0 Å². The minimum Gasteiger partial charge on any atom is -0.356 e. The molecule has 1 aliphatic heterocycles. The van der Waals surface area contributed by atoms with E-state index >= 15 is 0 Å². The van der Waals surface area contributed by atoms with Gasteiger partial charge in [0, 0.05) is 25.5 Å². The zero-order valence-corrected chi connectivity index (χ0v) is 21.9. The van der Waals surface area contributed by atoms with Gasteiger partial charge in [0.25, 0.3) is 0 Å². The molecule has 0 N–H and O–H groups in total. The summed E-state index contributed by atoms with van der Waals surface area (Å²) in [6, 6.07) is 0. The van der Waals surface area contributed by atoms with Gasteiger partial charge >= 0.3 is 0 Å². The molecule has 0 aromatic carbocycles. The molecule has 1 unspecified atom stereocenters. The Kier molecular flexibility index (Phi) is 19.4. The van der Waals surface area contributed by atoms with Crippen LogP contribution >= 0.6 is 0 Å². The van der Waals surface area contributed by atoms with Gasteiger partial charge in [0.1, 0.15) is 6.17 Å². The van der Waals surface area contributed by atoms with Crippen LogP contribution in [0.3, 0.4) is 0 Å². The topological polar surface area (TPSA) is 6.48 Å². The fourth-order valence-electron chi connectivity index (χ4n) is 5.03. The maximum absolute atomic E-state index is 2.62. The van der Waals surface area contributed by atoms with E-state index in [9.17, 15) is 0 Å². The molecule has 0 spiro atoms. The summed E-state index contributed by atoms with van der Waals surface area (Å²) in [6.45, 7) is 9.29. The smallest absolute Gasteiger partial charge is 0.101 e. The van der Waals surface area contributed by atoms with Crippen molar-refractivity contribution in [2.45, 2.75) is 162 Å². The number of hydrogen-bond donors (Lipinski definition) is 0. The largest absolute Gasteiger partial charge is 0.356 e. The summed E-state index contributed by atoms with van der Waals surface area (Å²) in [5.74, 6) is 0. The van der Waals surface area contributed by atoms with Crippen LogP contribution in [-0.4, -0.2) is 29.1 Å². The first-order valence-corrected chi connectivity index (χ1v) is 14.5. The van der Waals surface area contributed by atoms with Crippen molar-refractivity contribution in [2.75, 3.05) is 13.1 Å². The molecule has 1 atom stereocenters. The molecule has 2 nitrogen and oxygen atoms in total. The van der Waals surface area contributed by atoms with Gasteiger partial charge < -0.3 is 9.80 Å². The second-order valence-corrected chi connectivity index (χ2v) is 10.00. The molecule has 1 heterocycles. The number of nitrogens with zero attached hydrogens (tertiary/aromatic N) is 2. The SMILES string of the molecule is CCCCCCCCCCCCCCCCCCCN1C=CN(CC)C1CCCCC. The predicted octanol–water partition coefficient (Wildman–Crippen LogP) is 9.65. The average molecular weight is 435 g/mol. The quantitative estimate of drug-likeness (QED) is 0.148. The first kappa shape index (κ1) is 28.4. The number of rotatable bonds is 23. The molecule has 1 rings (SSSR count). The van der Waals surface area contributed by atoms with Gasteiger partial charge in [0.2, 0.25) is 0 Å². The van der Waals surface area contributed by atoms with E-state index in [0.29, 0.717) is 6.17 Å². The van der Waals surface area contributed by atoms with E-state index in [1.807, 2.05) is 0 Å². The predicted molar refractivity (Wildman–Crippen MR) is 140 cm³/mol. The minimum atomic E-state index is 0.637. The summed E-state index contributed by atoms with van der Waals surface area (Å²) in [6.07, 6.45) is 35.4. The molecule has 2 heteroatoms. The van der Waals surface area contributed by atoms with Crippen LogP contribution in [0.2, 0.25) is 0 Å². The number of hydrogen-bond acceptors (Lipinski definition) is 2. The summed E-state index contributed by atoms with van der Waals surface area (Å²) in [7, 11) is 0. The van der Waals surface area contributed by atoms with Crippen LogP contribution in [-0.2, 0) is 0 Å². The average Bonchev–Trinajstić information content (AvgIpc) is 3.17. The third-order valence-corrected chi connectivity index (χ3v) is 7.17. The second kappa shape index (κ2) is 21.2. The Morgan fingerprint density at radius 3 is 1.29 bits per heavy atom. The lowest BCUT2D eigenvalue weighted by Crippen LogP contribution is -2.38. The molecule has 31 heavy (non-hydrogen) atoms. The minimum absolute atomic E-state index is 0.637. The van der Waals surface area contributed by atoms with Crippen molar-refractivity contribution in [3.8, 4) is 0 Å². The van der Waals surface area contributed by atoms with Crippen LogP contribution in [0.4, 0.5) is 0 Å². The van der Waals surface area contributed by atoms with E-state index in [-0.39, 0.29) is 0 Å². The van der Waals surface area contributed by atoms with Gasteiger partial charge in [-0.3, -0.25) is 0 Å². The zero-order valence-electron chi connectivity index (χ0n) is 21.9. The van der Waals surface area contributed by atoms with E-state index in [0.717, 1.165) is 6.54 Å². The highest BCUT2D eigenvalue weighted by Gasteiger charge is 2.23. The van der Waals surface area contributed by atoms with Gasteiger partial charge in [-0.2, -0.15) is 0 Å². The molecule has 0 radical (unpaired) electrons. The normalized spacial score (nSPS) is 16.0. The lowest BCUT2D eigenvalue weighted by Gasteiger charge is -2.32. The second-order valence-electron chi connectivity index (χ2n) is 10.00. The van der Waals surface area contributed by atoms with Gasteiger partial charge in [-0.25, -0.2) is 0 Å². The van der Waals surface area contributed by atoms with Gasteiger partial charge in [0.15, 0.2) is 0 Å². The molecule has 184 valence electrons. The summed E-state index contributed by atoms with van der Waals surface area (Å²) < 4.78 is 0. The third-order valence-electron chi connectivity index (χ3n) is 7.17. The van der Waals surface area contributed by atoms with Gasteiger partial charge in [0.05, 0.1) is 0 Å². The Labute approximate surface area is 197 Å². The Morgan fingerprint density at radius 1 is 0.452 bits per heavy atom. The van der Waals surface area contributed by atoms with E-state index in [4.69, 9.17) is 0 Å². The molecule has 0 aromatic rings. The fourth-order valence-corrected chi connectivity index (χ4v) is 5.03. The van der Waals surface area contributed by atoms with Crippen molar-refractivity contribution >= 4 is 0 Å². The van der Waals surface area contributed by atoms with E-state index < -0.39 is 0 Å².